The van der Waals surface area contributed by atoms with Crippen LogP contribution in [0.4, 0.5) is 5.82 Å². The lowest BCUT2D eigenvalue weighted by Crippen LogP contribution is -2.44. The van der Waals surface area contributed by atoms with Crippen LogP contribution in [0.25, 0.3) is 0 Å². The molecule has 1 aliphatic rings. The Morgan fingerprint density at radius 1 is 1.29 bits per heavy atom. The number of halogens is 1. The molecule has 2 amide bonds. The first-order valence-electron chi connectivity index (χ1n) is 7.43. The fourth-order valence-corrected chi connectivity index (χ4v) is 3.71. The number of benzene rings is 1. The lowest BCUT2D eigenvalue weighted by Gasteiger charge is -2.23. The van der Waals surface area contributed by atoms with E-state index in [4.69, 9.17) is 11.6 Å². The number of carbonyl (C=O) groups excluding carboxylic acids is 2. The molecule has 1 aromatic heterocycles. The highest BCUT2D eigenvalue weighted by molar-refractivity contribution is 7.99. The Balaban J connectivity index is 1.75. The predicted octanol–water partition coefficient (Wildman–Crippen LogP) is 3.20. The Bertz CT molecular complexity index is 767. The van der Waals surface area contributed by atoms with Crippen LogP contribution >= 0.6 is 23.4 Å². The number of aryl methyl sites for hydroxylation is 1. The summed E-state index contributed by atoms with van der Waals surface area (Å²) in [4.78, 5) is 31.0. The van der Waals surface area contributed by atoms with E-state index in [-0.39, 0.29) is 11.8 Å². The zero-order valence-electron chi connectivity index (χ0n) is 13.0. The van der Waals surface area contributed by atoms with Crippen LogP contribution in [0.2, 0.25) is 5.02 Å². The fraction of sp³-hybridized carbons (Fsp3) is 0.235. The summed E-state index contributed by atoms with van der Waals surface area (Å²) in [5, 5.41) is 3.39. The van der Waals surface area contributed by atoms with E-state index in [1.54, 1.807) is 47.1 Å². The minimum atomic E-state index is -0.514. The molecule has 0 radical (unpaired) electrons. The van der Waals surface area contributed by atoms with Gasteiger partial charge in [-0.1, -0.05) is 17.7 Å². The molecule has 2 aromatic rings. The molecule has 24 heavy (non-hydrogen) atoms. The number of aromatic nitrogens is 1. The van der Waals surface area contributed by atoms with Crippen molar-refractivity contribution in [2.75, 3.05) is 16.9 Å². The van der Waals surface area contributed by atoms with Crippen molar-refractivity contribution < 1.29 is 9.59 Å². The van der Waals surface area contributed by atoms with Gasteiger partial charge in [-0.05, 0) is 42.8 Å². The SMILES string of the molecule is Cc1cccnc1NC(=O)C1CSCN1C(=O)c1ccc(Cl)cc1. The highest BCUT2D eigenvalue weighted by Gasteiger charge is 2.35. The van der Waals surface area contributed by atoms with Crippen LogP contribution in [-0.4, -0.2) is 39.4 Å². The molecule has 2 heterocycles. The van der Waals surface area contributed by atoms with Crippen LogP contribution in [0, 0.1) is 6.92 Å². The zero-order valence-corrected chi connectivity index (χ0v) is 14.6. The van der Waals surface area contributed by atoms with Gasteiger partial charge < -0.3 is 10.2 Å². The molecule has 1 fully saturated rings. The van der Waals surface area contributed by atoms with Gasteiger partial charge in [0, 0.05) is 22.5 Å². The average Bonchev–Trinajstić information content (AvgIpc) is 3.07. The van der Waals surface area contributed by atoms with Crippen LogP contribution in [0.3, 0.4) is 0 Å². The summed E-state index contributed by atoms with van der Waals surface area (Å²) in [7, 11) is 0. The van der Waals surface area contributed by atoms with Crippen molar-refractivity contribution >= 4 is 41.0 Å². The van der Waals surface area contributed by atoms with Crippen molar-refractivity contribution in [1.82, 2.24) is 9.88 Å². The molecule has 0 bridgehead atoms. The third-order valence-corrected chi connectivity index (χ3v) is 5.05. The highest BCUT2D eigenvalue weighted by Crippen LogP contribution is 2.25. The molecule has 1 aromatic carbocycles. The molecule has 0 saturated carbocycles. The number of pyridine rings is 1. The van der Waals surface area contributed by atoms with Gasteiger partial charge in [-0.3, -0.25) is 9.59 Å². The standard InChI is InChI=1S/C17H16ClN3O2S/c1-11-3-2-8-19-15(11)20-16(22)14-9-24-10-21(14)17(23)12-4-6-13(18)7-5-12/h2-8,14H,9-10H2,1H3,(H,19,20,22). The number of hydrogen-bond acceptors (Lipinski definition) is 4. The molecular formula is C17H16ClN3O2S. The molecule has 0 aliphatic carbocycles. The van der Waals surface area contributed by atoms with Gasteiger partial charge in [-0.15, -0.1) is 11.8 Å². The fourth-order valence-electron chi connectivity index (χ4n) is 2.43. The van der Waals surface area contributed by atoms with E-state index in [9.17, 15) is 9.59 Å². The van der Waals surface area contributed by atoms with E-state index in [1.807, 2.05) is 19.1 Å². The van der Waals surface area contributed by atoms with Crippen molar-refractivity contribution in [3.05, 3.63) is 58.7 Å². The molecule has 124 valence electrons. The maximum absolute atomic E-state index is 12.7. The number of thioether (sulfide) groups is 1. The van der Waals surface area contributed by atoms with Gasteiger partial charge in [-0.2, -0.15) is 0 Å². The smallest absolute Gasteiger partial charge is 0.255 e. The van der Waals surface area contributed by atoms with Crippen molar-refractivity contribution in [2.45, 2.75) is 13.0 Å². The molecule has 3 rings (SSSR count). The van der Waals surface area contributed by atoms with Gasteiger partial charge >= 0.3 is 0 Å². The summed E-state index contributed by atoms with van der Waals surface area (Å²) in [5.41, 5.74) is 1.40. The van der Waals surface area contributed by atoms with Crippen molar-refractivity contribution in [2.24, 2.45) is 0 Å². The van der Waals surface area contributed by atoms with Gasteiger partial charge in [0.1, 0.15) is 11.9 Å². The predicted molar refractivity (Wildman–Crippen MR) is 96.3 cm³/mol. The highest BCUT2D eigenvalue weighted by atomic mass is 35.5. The van der Waals surface area contributed by atoms with Crippen LogP contribution in [0.5, 0.6) is 0 Å². The number of carbonyl (C=O) groups is 2. The Kier molecular flexibility index (Phi) is 5.06. The van der Waals surface area contributed by atoms with Gasteiger partial charge in [0.2, 0.25) is 5.91 Å². The molecule has 1 atom stereocenters. The second kappa shape index (κ2) is 7.23. The average molecular weight is 362 g/mol. The summed E-state index contributed by atoms with van der Waals surface area (Å²) in [6.45, 7) is 1.88. The lowest BCUT2D eigenvalue weighted by atomic mass is 10.1. The maximum atomic E-state index is 12.7. The van der Waals surface area contributed by atoms with Crippen LogP contribution in [0.1, 0.15) is 15.9 Å². The molecule has 5 nitrogen and oxygen atoms in total. The minimum absolute atomic E-state index is 0.172. The first kappa shape index (κ1) is 16.8. The summed E-state index contributed by atoms with van der Waals surface area (Å²) in [6, 6.07) is 9.86. The van der Waals surface area contributed by atoms with E-state index in [1.165, 1.54) is 0 Å². The van der Waals surface area contributed by atoms with E-state index < -0.39 is 6.04 Å². The quantitative estimate of drug-likeness (QED) is 0.911. The third-order valence-electron chi connectivity index (χ3n) is 3.79. The number of hydrogen-bond donors (Lipinski definition) is 1. The zero-order chi connectivity index (χ0) is 17.1. The van der Waals surface area contributed by atoms with Gasteiger partial charge in [-0.25, -0.2) is 4.98 Å². The first-order chi connectivity index (χ1) is 11.6. The van der Waals surface area contributed by atoms with Crippen LogP contribution in [0.15, 0.2) is 42.6 Å². The van der Waals surface area contributed by atoms with Crippen LogP contribution in [-0.2, 0) is 4.79 Å². The topological polar surface area (TPSA) is 62.3 Å². The molecular weight excluding hydrogens is 346 g/mol. The number of amides is 2. The number of anilines is 1. The number of nitrogens with zero attached hydrogens (tertiary/aromatic N) is 2. The maximum Gasteiger partial charge on any atom is 0.255 e. The van der Waals surface area contributed by atoms with E-state index in [0.29, 0.717) is 28.0 Å². The largest absolute Gasteiger partial charge is 0.317 e. The first-order valence-corrected chi connectivity index (χ1v) is 8.96. The van der Waals surface area contributed by atoms with Gasteiger partial charge in [0.25, 0.3) is 5.91 Å². The molecule has 1 unspecified atom stereocenters. The minimum Gasteiger partial charge on any atom is -0.317 e. The Morgan fingerprint density at radius 3 is 2.75 bits per heavy atom. The van der Waals surface area contributed by atoms with Gasteiger partial charge in [0.15, 0.2) is 0 Å². The van der Waals surface area contributed by atoms with Crippen molar-refractivity contribution in [3.8, 4) is 0 Å². The summed E-state index contributed by atoms with van der Waals surface area (Å²) >= 11 is 7.42. The third kappa shape index (κ3) is 3.55. The molecule has 1 aliphatic heterocycles. The molecule has 1 saturated heterocycles. The molecule has 1 N–H and O–H groups in total. The monoisotopic (exact) mass is 361 g/mol. The normalized spacial score (nSPS) is 16.9. The van der Waals surface area contributed by atoms with Gasteiger partial charge in [0.05, 0.1) is 5.88 Å². The van der Waals surface area contributed by atoms with E-state index in [0.717, 1.165) is 5.56 Å². The van der Waals surface area contributed by atoms with E-state index >= 15 is 0 Å². The number of rotatable bonds is 3. The summed E-state index contributed by atoms with van der Waals surface area (Å²) in [5.74, 6) is 1.19. The molecule has 0 spiro atoms. The van der Waals surface area contributed by atoms with Crippen molar-refractivity contribution in [1.29, 1.82) is 0 Å². The Morgan fingerprint density at radius 2 is 2.04 bits per heavy atom. The van der Waals surface area contributed by atoms with E-state index in [2.05, 4.69) is 10.3 Å². The van der Waals surface area contributed by atoms with Crippen LogP contribution < -0.4 is 5.32 Å². The Labute approximate surface area is 149 Å². The second-order valence-corrected chi connectivity index (χ2v) is 6.89. The summed E-state index contributed by atoms with van der Waals surface area (Å²) in [6.07, 6.45) is 1.63. The summed E-state index contributed by atoms with van der Waals surface area (Å²) < 4.78 is 0. The van der Waals surface area contributed by atoms with Crippen molar-refractivity contribution in [3.63, 3.8) is 0 Å². The number of nitrogens with one attached hydrogen (secondary N) is 1. The lowest BCUT2D eigenvalue weighted by molar-refractivity contribution is -0.119. The molecule has 7 heteroatoms. The Hall–Kier alpha value is -2.05. The second-order valence-electron chi connectivity index (χ2n) is 5.46.